The minimum atomic E-state index is -0.684. The summed E-state index contributed by atoms with van der Waals surface area (Å²) in [5.41, 5.74) is -0.597. The van der Waals surface area contributed by atoms with Gasteiger partial charge in [-0.3, -0.25) is 4.79 Å². The lowest BCUT2D eigenvalue weighted by atomic mass is 9.74. The van der Waals surface area contributed by atoms with Crippen LogP contribution in [-0.2, 0) is 11.3 Å². The van der Waals surface area contributed by atoms with Crippen LogP contribution in [0.15, 0.2) is 12.7 Å². The number of aromatic nitrogens is 3. The average molecular weight is 209 g/mol. The Morgan fingerprint density at radius 1 is 1.27 bits per heavy atom. The largest absolute Gasteiger partial charge is 0.481 e. The quantitative estimate of drug-likeness (QED) is 0.815. The summed E-state index contributed by atoms with van der Waals surface area (Å²) in [7, 11) is 0. The highest BCUT2D eigenvalue weighted by Crippen LogP contribution is 2.37. The van der Waals surface area contributed by atoms with Crippen LogP contribution in [0.1, 0.15) is 32.1 Å². The zero-order chi connectivity index (χ0) is 10.7. The third-order valence-electron chi connectivity index (χ3n) is 3.22. The van der Waals surface area contributed by atoms with E-state index in [0.29, 0.717) is 6.54 Å². The average Bonchev–Trinajstić information content (AvgIpc) is 2.71. The second-order valence-electron chi connectivity index (χ2n) is 4.28. The van der Waals surface area contributed by atoms with Crippen LogP contribution < -0.4 is 0 Å². The topological polar surface area (TPSA) is 68.0 Å². The van der Waals surface area contributed by atoms with Gasteiger partial charge in [-0.25, -0.2) is 0 Å². The molecular weight excluding hydrogens is 194 g/mol. The molecule has 1 saturated carbocycles. The predicted molar refractivity (Wildman–Crippen MR) is 53.2 cm³/mol. The smallest absolute Gasteiger partial charge is 0.311 e. The standard InChI is InChI=1S/C10H15N3O2/c14-9(15)10(4-2-1-3-5-10)6-13-7-11-12-8-13/h7-8H,1-6H2,(H,14,15). The van der Waals surface area contributed by atoms with E-state index in [1.165, 1.54) is 0 Å². The van der Waals surface area contributed by atoms with Gasteiger partial charge in [-0.15, -0.1) is 10.2 Å². The summed E-state index contributed by atoms with van der Waals surface area (Å²) in [5.74, 6) is -0.684. The van der Waals surface area contributed by atoms with Crippen molar-refractivity contribution >= 4 is 5.97 Å². The number of nitrogens with zero attached hydrogens (tertiary/aromatic N) is 3. The van der Waals surface area contributed by atoms with Gasteiger partial charge in [-0.05, 0) is 12.8 Å². The molecule has 5 heteroatoms. The van der Waals surface area contributed by atoms with Gasteiger partial charge in [0.1, 0.15) is 12.7 Å². The molecule has 1 aliphatic carbocycles. The van der Waals surface area contributed by atoms with E-state index in [-0.39, 0.29) is 0 Å². The molecule has 1 heterocycles. The van der Waals surface area contributed by atoms with Crippen LogP contribution in [0.25, 0.3) is 0 Å². The molecule has 1 N–H and O–H groups in total. The molecule has 0 spiro atoms. The van der Waals surface area contributed by atoms with Crippen molar-refractivity contribution in [2.24, 2.45) is 5.41 Å². The van der Waals surface area contributed by atoms with Crippen LogP contribution in [0.4, 0.5) is 0 Å². The number of carboxylic acids is 1. The van der Waals surface area contributed by atoms with E-state index in [9.17, 15) is 9.90 Å². The molecule has 2 rings (SSSR count). The van der Waals surface area contributed by atoms with Gasteiger partial charge in [0.2, 0.25) is 0 Å². The fourth-order valence-corrected chi connectivity index (χ4v) is 2.32. The van der Waals surface area contributed by atoms with Crippen molar-refractivity contribution in [2.45, 2.75) is 38.6 Å². The zero-order valence-electron chi connectivity index (χ0n) is 8.59. The summed E-state index contributed by atoms with van der Waals surface area (Å²) in [4.78, 5) is 11.3. The van der Waals surface area contributed by atoms with E-state index in [0.717, 1.165) is 32.1 Å². The molecule has 1 aliphatic rings. The SMILES string of the molecule is O=C(O)C1(Cn2cnnc2)CCCCC1. The van der Waals surface area contributed by atoms with Crippen LogP contribution in [0.3, 0.4) is 0 Å². The lowest BCUT2D eigenvalue weighted by Gasteiger charge is -2.33. The molecule has 0 saturated heterocycles. The van der Waals surface area contributed by atoms with Crippen molar-refractivity contribution in [2.75, 3.05) is 0 Å². The Morgan fingerprint density at radius 2 is 1.87 bits per heavy atom. The van der Waals surface area contributed by atoms with Gasteiger partial charge >= 0.3 is 5.97 Å². The number of carboxylic acid groups (broad SMARTS) is 1. The van der Waals surface area contributed by atoms with E-state index in [2.05, 4.69) is 10.2 Å². The molecule has 0 atom stereocenters. The minimum Gasteiger partial charge on any atom is -0.481 e. The fraction of sp³-hybridized carbons (Fsp3) is 0.700. The number of hydrogen-bond acceptors (Lipinski definition) is 3. The second-order valence-corrected chi connectivity index (χ2v) is 4.28. The third kappa shape index (κ3) is 2.00. The van der Waals surface area contributed by atoms with Gasteiger partial charge in [-0.1, -0.05) is 19.3 Å². The first kappa shape index (κ1) is 10.1. The van der Waals surface area contributed by atoms with Gasteiger partial charge in [-0.2, -0.15) is 0 Å². The minimum absolute atomic E-state index is 0.495. The Bertz CT molecular complexity index is 328. The zero-order valence-corrected chi connectivity index (χ0v) is 8.59. The Morgan fingerprint density at radius 3 is 2.40 bits per heavy atom. The highest BCUT2D eigenvalue weighted by atomic mass is 16.4. The van der Waals surface area contributed by atoms with Crippen molar-refractivity contribution in [3.63, 3.8) is 0 Å². The Hall–Kier alpha value is -1.39. The molecule has 1 aromatic rings. The van der Waals surface area contributed by atoms with E-state index < -0.39 is 11.4 Å². The molecule has 0 aliphatic heterocycles. The van der Waals surface area contributed by atoms with Gasteiger partial charge in [0.15, 0.2) is 0 Å². The third-order valence-corrected chi connectivity index (χ3v) is 3.22. The Kier molecular flexibility index (Phi) is 2.70. The lowest BCUT2D eigenvalue weighted by Crippen LogP contribution is -2.37. The molecule has 0 unspecified atom stereocenters. The maximum atomic E-state index is 11.3. The van der Waals surface area contributed by atoms with Crippen molar-refractivity contribution < 1.29 is 9.90 Å². The molecule has 5 nitrogen and oxygen atoms in total. The van der Waals surface area contributed by atoms with Crippen molar-refractivity contribution in [3.8, 4) is 0 Å². The Labute approximate surface area is 88.1 Å². The Balaban J connectivity index is 2.15. The van der Waals surface area contributed by atoms with Crippen molar-refractivity contribution in [1.29, 1.82) is 0 Å². The molecule has 0 amide bonds. The van der Waals surface area contributed by atoms with Crippen LogP contribution in [0.2, 0.25) is 0 Å². The summed E-state index contributed by atoms with van der Waals surface area (Å²) >= 11 is 0. The van der Waals surface area contributed by atoms with Crippen LogP contribution in [0, 0.1) is 5.41 Å². The lowest BCUT2D eigenvalue weighted by molar-refractivity contribution is -0.152. The first-order chi connectivity index (χ1) is 7.23. The predicted octanol–water partition coefficient (Wildman–Crippen LogP) is 1.31. The monoisotopic (exact) mass is 209 g/mol. The van der Waals surface area contributed by atoms with Crippen LogP contribution in [0.5, 0.6) is 0 Å². The van der Waals surface area contributed by atoms with Gasteiger partial charge in [0.25, 0.3) is 0 Å². The number of rotatable bonds is 3. The van der Waals surface area contributed by atoms with Crippen LogP contribution >= 0.6 is 0 Å². The van der Waals surface area contributed by atoms with Gasteiger partial charge in [0, 0.05) is 6.54 Å². The fourth-order valence-electron chi connectivity index (χ4n) is 2.32. The van der Waals surface area contributed by atoms with E-state index in [4.69, 9.17) is 0 Å². The number of carbonyl (C=O) groups is 1. The number of hydrogen-bond donors (Lipinski definition) is 1. The highest BCUT2D eigenvalue weighted by Gasteiger charge is 2.39. The summed E-state index contributed by atoms with van der Waals surface area (Å²) < 4.78 is 1.76. The van der Waals surface area contributed by atoms with Crippen LogP contribution in [-0.4, -0.2) is 25.8 Å². The molecule has 1 fully saturated rings. The first-order valence-corrected chi connectivity index (χ1v) is 5.29. The summed E-state index contributed by atoms with van der Waals surface area (Å²) in [6.07, 6.45) is 7.86. The number of aliphatic carboxylic acids is 1. The molecule has 0 radical (unpaired) electrons. The molecule has 15 heavy (non-hydrogen) atoms. The van der Waals surface area contributed by atoms with Crippen molar-refractivity contribution in [3.05, 3.63) is 12.7 Å². The van der Waals surface area contributed by atoms with E-state index in [1.807, 2.05) is 0 Å². The second kappa shape index (κ2) is 4.00. The summed E-state index contributed by atoms with van der Waals surface area (Å²) in [5, 5.41) is 16.7. The normalized spacial score (nSPS) is 20.0. The summed E-state index contributed by atoms with van der Waals surface area (Å²) in [6, 6.07) is 0. The van der Waals surface area contributed by atoms with E-state index >= 15 is 0 Å². The first-order valence-electron chi connectivity index (χ1n) is 5.29. The van der Waals surface area contributed by atoms with E-state index in [1.54, 1.807) is 17.2 Å². The van der Waals surface area contributed by atoms with Gasteiger partial charge < -0.3 is 9.67 Å². The summed E-state index contributed by atoms with van der Waals surface area (Å²) in [6.45, 7) is 0.495. The maximum absolute atomic E-state index is 11.3. The maximum Gasteiger partial charge on any atom is 0.311 e. The highest BCUT2D eigenvalue weighted by molar-refractivity contribution is 5.74. The van der Waals surface area contributed by atoms with Gasteiger partial charge in [0.05, 0.1) is 5.41 Å². The molecule has 0 bridgehead atoms. The molecule has 82 valence electrons. The molecular formula is C10H15N3O2. The molecule has 1 aromatic heterocycles. The van der Waals surface area contributed by atoms with Crippen molar-refractivity contribution in [1.82, 2.24) is 14.8 Å². The molecule has 0 aromatic carbocycles.